The summed E-state index contributed by atoms with van der Waals surface area (Å²) in [5, 5.41) is 0. The van der Waals surface area contributed by atoms with E-state index >= 15 is 0 Å². The zero-order chi connectivity index (χ0) is 35.1. The Hall–Kier alpha value is -0.990. The summed E-state index contributed by atoms with van der Waals surface area (Å²) in [4.78, 5) is 37.2. The molecule has 0 amide bonds. The lowest BCUT2D eigenvalue weighted by Crippen LogP contribution is -2.37. The largest absolute Gasteiger partial charge is 0.756 e. The van der Waals surface area contributed by atoms with E-state index in [9.17, 15) is 19.0 Å². The number of phosphoric ester groups is 1. The first-order valence-electron chi connectivity index (χ1n) is 19.2. The van der Waals surface area contributed by atoms with Crippen LogP contribution in [0.25, 0.3) is 0 Å². The molecule has 0 aliphatic rings. The molecule has 47 heavy (non-hydrogen) atoms. The quantitative estimate of drug-likeness (QED) is 0.0280. The van der Waals surface area contributed by atoms with E-state index in [4.69, 9.17) is 18.5 Å². The molecule has 0 spiro atoms. The molecule has 0 fully saturated rings. The highest BCUT2D eigenvalue weighted by atomic mass is 31.2. The average Bonchev–Trinajstić information content (AvgIpc) is 3.01. The molecular weight excluding hydrogens is 617 g/mol. The summed E-state index contributed by atoms with van der Waals surface area (Å²) in [6, 6.07) is 0. The normalized spacial score (nSPS) is 13.7. The van der Waals surface area contributed by atoms with Crippen LogP contribution < -0.4 is 4.89 Å². The number of unbranched alkanes of at least 4 members (excludes halogenated alkanes) is 21. The fourth-order valence-corrected chi connectivity index (χ4v) is 6.03. The minimum absolute atomic E-state index is 0.0262. The van der Waals surface area contributed by atoms with Gasteiger partial charge >= 0.3 is 11.9 Å². The van der Waals surface area contributed by atoms with Crippen LogP contribution in [0, 0.1) is 0 Å². The number of likely N-dealkylation sites (N-methyl/N-ethyl adjacent to an activating group) is 1. The van der Waals surface area contributed by atoms with Gasteiger partial charge in [0.05, 0.1) is 27.7 Å². The summed E-state index contributed by atoms with van der Waals surface area (Å²) in [5.74, 6) is -0.828. The Morgan fingerprint density at radius 3 is 1.36 bits per heavy atom. The molecular formula is C37H74NO8P. The van der Waals surface area contributed by atoms with Crippen molar-refractivity contribution in [2.24, 2.45) is 0 Å². The van der Waals surface area contributed by atoms with Crippen LogP contribution in [0.5, 0.6) is 0 Å². The predicted octanol–water partition coefficient (Wildman–Crippen LogP) is 9.44. The monoisotopic (exact) mass is 692 g/mol. The molecule has 0 aromatic carbocycles. The average molecular weight is 692 g/mol. The standard InChI is InChI=1S/C37H74NO8P/c1-6-8-10-12-14-16-18-19-20-22-23-25-27-29-36(39)43-33-35(34-45-47(41,42)44-32-31-38(3,4)5)46-37(40)30-28-26-24-21-17-15-13-11-9-7-2/h35H,6-34H2,1-5H3. The van der Waals surface area contributed by atoms with E-state index in [0.717, 1.165) is 32.1 Å². The van der Waals surface area contributed by atoms with Gasteiger partial charge in [-0.15, -0.1) is 0 Å². The van der Waals surface area contributed by atoms with Gasteiger partial charge in [-0.25, -0.2) is 0 Å². The maximum atomic E-state index is 12.6. The number of carbonyl (C=O) groups excluding carboxylic acids is 2. The van der Waals surface area contributed by atoms with E-state index in [1.54, 1.807) is 0 Å². The molecule has 10 heteroatoms. The lowest BCUT2D eigenvalue weighted by Gasteiger charge is -2.28. The van der Waals surface area contributed by atoms with Crippen LogP contribution in [0.1, 0.15) is 174 Å². The SMILES string of the molecule is CCCCCCCCCCCCCCCC(=O)OCC(COP(=O)([O-])OCC[N+](C)(C)C)OC(=O)CCCCCCCCCCCC. The first-order chi connectivity index (χ1) is 22.5. The molecule has 9 nitrogen and oxygen atoms in total. The Bertz CT molecular complexity index is 789. The number of quaternary nitrogens is 1. The molecule has 0 bridgehead atoms. The van der Waals surface area contributed by atoms with Gasteiger partial charge in [0.2, 0.25) is 0 Å². The van der Waals surface area contributed by atoms with Crippen molar-refractivity contribution in [1.29, 1.82) is 0 Å². The van der Waals surface area contributed by atoms with E-state index in [0.29, 0.717) is 17.4 Å². The third-order valence-corrected chi connectivity index (χ3v) is 9.34. The van der Waals surface area contributed by atoms with Crippen molar-refractivity contribution < 1.29 is 42.1 Å². The van der Waals surface area contributed by atoms with Gasteiger partial charge in [0.25, 0.3) is 7.82 Å². The molecule has 280 valence electrons. The van der Waals surface area contributed by atoms with Gasteiger partial charge in [-0.3, -0.25) is 14.2 Å². The number of phosphoric acid groups is 1. The zero-order valence-corrected chi connectivity index (χ0v) is 32.1. The predicted molar refractivity (Wildman–Crippen MR) is 190 cm³/mol. The van der Waals surface area contributed by atoms with Crippen molar-refractivity contribution in [3.63, 3.8) is 0 Å². The number of nitrogens with zero attached hydrogens (tertiary/aromatic N) is 1. The topological polar surface area (TPSA) is 111 Å². The maximum absolute atomic E-state index is 12.6. The summed E-state index contributed by atoms with van der Waals surface area (Å²) in [6.07, 6.45) is 27.0. The molecule has 0 aliphatic heterocycles. The van der Waals surface area contributed by atoms with Crippen LogP contribution in [0.3, 0.4) is 0 Å². The number of hydrogen-bond acceptors (Lipinski definition) is 8. The Labute approximate surface area is 289 Å². The van der Waals surface area contributed by atoms with E-state index in [1.807, 2.05) is 21.1 Å². The van der Waals surface area contributed by atoms with E-state index in [1.165, 1.54) is 109 Å². The second-order valence-corrected chi connectivity index (χ2v) is 15.7. The van der Waals surface area contributed by atoms with E-state index < -0.39 is 26.5 Å². The van der Waals surface area contributed by atoms with Gasteiger partial charge < -0.3 is 27.9 Å². The second kappa shape index (κ2) is 31.0. The third kappa shape index (κ3) is 34.7. The minimum atomic E-state index is -4.61. The smallest absolute Gasteiger partial charge is 0.306 e. The van der Waals surface area contributed by atoms with Crippen molar-refractivity contribution in [3.8, 4) is 0 Å². The molecule has 0 N–H and O–H groups in total. The first-order valence-corrected chi connectivity index (χ1v) is 20.7. The number of ether oxygens (including phenoxy) is 2. The molecule has 0 saturated heterocycles. The summed E-state index contributed by atoms with van der Waals surface area (Å²) < 4.78 is 33.7. The summed E-state index contributed by atoms with van der Waals surface area (Å²) in [7, 11) is 1.18. The highest BCUT2D eigenvalue weighted by Gasteiger charge is 2.21. The van der Waals surface area contributed by atoms with Crippen molar-refractivity contribution >= 4 is 19.8 Å². The van der Waals surface area contributed by atoms with Gasteiger partial charge in [-0.1, -0.05) is 149 Å². The van der Waals surface area contributed by atoms with Crippen molar-refractivity contribution in [2.75, 3.05) is 47.5 Å². The lowest BCUT2D eigenvalue weighted by molar-refractivity contribution is -0.870. The Morgan fingerprint density at radius 2 is 0.957 bits per heavy atom. The zero-order valence-electron chi connectivity index (χ0n) is 31.2. The molecule has 0 rings (SSSR count). The molecule has 2 unspecified atom stereocenters. The molecule has 0 heterocycles. The third-order valence-electron chi connectivity index (χ3n) is 8.38. The summed E-state index contributed by atoms with van der Waals surface area (Å²) >= 11 is 0. The van der Waals surface area contributed by atoms with Gasteiger partial charge in [-0.2, -0.15) is 0 Å². The number of esters is 2. The van der Waals surface area contributed by atoms with Crippen LogP contribution in [-0.4, -0.2) is 70.0 Å². The van der Waals surface area contributed by atoms with Gasteiger partial charge in [0.15, 0.2) is 6.10 Å². The van der Waals surface area contributed by atoms with Crippen LogP contribution >= 0.6 is 7.82 Å². The maximum Gasteiger partial charge on any atom is 0.306 e. The minimum Gasteiger partial charge on any atom is -0.756 e. The van der Waals surface area contributed by atoms with Crippen LogP contribution in [-0.2, 0) is 32.7 Å². The molecule has 0 aromatic rings. The van der Waals surface area contributed by atoms with Crippen molar-refractivity contribution in [1.82, 2.24) is 0 Å². The second-order valence-electron chi connectivity index (χ2n) is 14.3. The number of rotatable bonds is 35. The number of carbonyl (C=O) groups is 2. The Balaban J connectivity index is 4.40. The molecule has 0 aliphatic carbocycles. The fraction of sp³-hybridized carbons (Fsp3) is 0.946. The number of hydrogen-bond donors (Lipinski definition) is 0. The Kier molecular flexibility index (Phi) is 30.4. The molecule has 0 radical (unpaired) electrons. The summed E-state index contributed by atoms with van der Waals surface area (Å²) in [6.45, 7) is 4.21. The molecule has 2 atom stereocenters. The van der Waals surface area contributed by atoms with Crippen molar-refractivity contribution in [3.05, 3.63) is 0 Å². The Morgan fingerprint density at radius 1 is 0.574 bits per heavy atom. The van der Waals surface area contributed by atoms with Gasteiger partial charge in [-0.05, 0) is 12.8 Å². The lowest BCUT2D eigenvalue weighted by atomic mass is 10.0. The first kappa shape index (κ1) is 46.0. The highest BCUT2D eigenvalue weighted by Crippen LogP contribution is 2.38. The van der Waals surface area contributed by atoms with Crippen molar-refractivity contribution in [2.45, 2.75) is 180 Å². The van der Waals surface area contributed by atoms with Crippen LogP contribution in [0.4, 0.5) is 0 Å². The molecule has 0 aromatic heterocycles. The molecule has 0 saturated carbocycles. The highest BCUT2D eigenvalue weighted by molar-refractivity contribution is 7.45. The summed E-state index contributed by atoms with van der Waals surface area (Å²) in [5.41, 5.74) is 0. The van der Waals surface area contributed by atoms with E-state index in [2.05, 4.69) is 13.8 Å². The van der Waals surface area contributed by atoms with Gasteiger partial charge in [0.1, 0.15) is 19.8 Å². The van der Waals surface area contributed by atoms with Crippen LogP contribution in [0.2, 0.25) is 0 Å². The van der Waals surface area contributed by atoms with Gasteiger partial charge in [0, 0.05) is 12.8 Å². The fourth-order valence-electron chi connectivity index (χ4n) is 5.30. The van der Waals surface area contributed by atoms with E-state index in [-0.39, 0.29) is 32.0 Å². The van der Waals surface area contributed by atoms with Crippen LogP contribution in [0.15, 0.2) is 0 Å².